The minimum atomic E-state index is -0.675. The molecule has 0 bridgehead atoms. The zero-order valence-corrected chi connectivity index (χ0v) is 21.3. The fourth-order valence-corrected chi connectivity index (χ4v) is 5.19. The van der Waals surface area contributed by atoms with Crippen molar-refractivity contribution in [2.24, 2.45) is 5.73 Å². The molecule has 0 aliphatic carbocycles. The van der Waals surface area contributed by atoms with Crippen LogP contribution < -0.4 is 30.0 Å². The molecule has 2 heterocycles. The smallest absolute Gasteiger partial charge is 0.274 e. The number of nitriles is 2. The van der Waals surface area contributed by atoms with Crippen LogP contribution in [-0.2, 0) is 0 Å². The molecule has 0 amide bonds. The molecule has 1 aliphatic heterocycles. The van der Waals surface area contributed by atoms with E-state index in [9.17, 15) is 15.3 Å². The van der Waals surface area contributed by atoms with Crippen LogP contribution in [0, 0.1) is 22.7 Å². The normalized spacial score (nSPS) is 15.6. The summed E-state index contributed by atoms with van der Waals surface area (Å²) in [5, 5.41) is 20.1. The van der Waals surface area contributed by atoms with E-state index in [2.05, 4.69) is 12.1 Å². The summed E-state index contributed by atoms with van der Waals surface area (Å²) in [6.07, 6.45) is 1.83. The van der Waals surface area contributed by atoms with Crippen molar-refractivity contribution in [2.75, 3.05) is 0 Å². The highest BCUT2D eigenvalue weighted by atomic mass is 32.1. The maximum atomic E-state index is 13.3. The highest BCUT2D eigenvalue weighted by Gasteiger charge is 2.32. The number of nitrogens with two attached hydrogens (primary N) is 1. The number of hydrogen-bond donors (Lipinski definition) is 1. The molecule has 3 aromatic rings. The molecule has 0 saturated carbocycles. The minimum Gasteiger partial charge on any atom is -0.491 e. The summed E-state index contributed by atoms with van der Waals surface area (Å²) in [5.74, 6) is 0.795. The molecule has 1 aliphatic rings. The Kier molecular flexibility index (Phi) is 7.00. The summed E-state index contributed by atoms with van der Waals surface area (Å²) in [7, 11) is 0. The van der Waals surface area contributed by atoms with E-state index in [1.54, 1.807) is 18.2 Å². The zero-order chi connectivity index (χ0) is 26.0. The van der Waals surface area contributed by atoms with Crippen LogP contribution in [0.5, 0.6) is 11.5 Å². The fourth-order valence-electron chi connectivity index (χ4n) is 4.06. The second-order valence-corrected chi connectivity index (χ2v) is 9.93. The van der Waals surface area contributed by atoms with Gasteiger partial charge in [-0.05, 0) is 69.2 Å². The van der Waals surface area contributed by atoms with Gasteiger partial charge in [0.1, 0.15) is 22.0 Å². The molecule has 182 valence electrons. The number of rotatable bonds is 6. The summed E-state index contributed by atoms with van der Waals surface area (Å²) in [4.78, 5) is 13.3. The Balaban J connectivity index is 1.86. The van der Waals surface area contributed by atoms with Crippen LogP contribution in [0.1, 0.15) is 44.7 Å². The number of nitrogens with zero attached hydrogens (tertiary/aromatic N) is 3. The van der Waals surface area contributed by atoms with Gasteiger partial charge in [0.05, 0.1) is 45.9 Å². The van der Waals surface area contributed by atoms with Gasteiger partial charge in [-0.25, -0.2) is 0 Å². The summed E-state index contributed by atoms with van der Waals surface area (Å²) in [6, 6.07) is 19.0. The van der Waals surface area contributed by atoms with Crippen LogP contribution >= 0.6 is 11.3 Å². The third kappa shape index (κ3) is 4.77. The molecule has 1 atom stereocenters. The number of benzene rings is 2. The van der Waals surface area contributed by atoms with Crippen LogP contribution in [0.2, 0.25) is 0 Å². The summed E-state index contributed by atoms with van der Waals surface area (Å²) >= 11 is 1.19. The van der Waals surface area contributed by atoms with E-state index in [-0.39, 0.29) is 29.2 Å². The van der Waals surface area contributed by atoms with Crippen molar-refractivity contribution < 1.29 is 9.47 Å². The molecular weight excluding hydrogens is 472 g/mol. The summed E-state index contributed by atoms with van der Waals surface area (Å²) in [5.41, 5.74) is 8.00. The Labute approximate surface area is 213 Å². The lowest BCUT2D eigenvalue weighted by Crippen LogP contribution is -2.38. The van der Waals surface area contributed by atoms with Gasteiger partial charge in [-0.1, -0.05) is 24.3 Å². The van der Waals surface area contributed by atoms with Crippen LogP contribution in [0.3, 0.4) is 0 Å². The highest BCUT2D eigenvalue weighted by molar-refractivity contribution is 7.07. The van der Waals surface area contributed by atoms with E-state index >= 15 is 0 Å². The molecule has 0 unspecified atom stereocenters. The Hall–Kier alpha value is -4.27. The van der Waals surface area contributed by atoms with E-state index in [1.165, 1.54) is 15.9 Å². The van der Waals surface area contributed by atoms with Crippen molar-refractivity contribution in [3.05, 3.63) is 84.8 Å². The predicted molar refractivity (Wildman–Crippen MR) is 141 cm³/mol. The molecule has 8 heteroatoms. The number of allylic oxidation sites excluding steroid dienone is 1. The predicted octanol–water partition coefficient (Wildman–Crippen LogP) is 3.44. The molecule has 7 nitrogen and oxygen atoms in total. The van der Waals surface area contributed by atoms with E-state index in [0.29, 0.717) is 20.5 Å². The van der Waals surface area contributed by atoms with Gasteiger partial charge in [-0.15, -0.1) is 11.3 Å². The Morgan fingerprint density at radius 1 is 0.917 bits per heavy atom. The molecule has 4 rings (SSSR count). The van der Waals surface area contributed by atoms with E-state index in [4.69, 9.17) is 15.2 Å². The average molecular weight is 499 g/mol. The fraction of sp³-hybridized carbons (Fsp3) is 0.250. The first-order chi connectivity index (χ1) is 17.2. The molecule has 36 heavy (non-hydrogen) atoms. The molecule has 0 radical (unpaired) electrons. The Bertz CT molecular complexity index is 1580. The molecule has 0 fully saturated rings. The number of thiazole rings is 1. The summed E-state index contributed by atoms with van der Waals surface area (Å²) in [6.45, 7) is 7.78. The monoisotopic (exact) mass is 498 g/mol. The first-order valence-electron chi connectivity index (χ1n) is 11.5. The van der Waals surface area contributed by atoms with Crippen molar-refractivity contribution in [2.45, 2.75) is 45.8 Å². The average Bonchev–Trinajstić information content (AvgIpc) is 3.16. The molecular formula is C28H26N4O3S. The minimum absolute atomic E-state index is 0.0196. The van der Waals surface area contributed by atoms with Gasteiger partial charge in [-0.2, -0.15) is 10.5 Å². The maximum absolute atomic E-state index is 13.3. The second-order valence-electron chi connectivity index (χ2n) is 8.90. The van der Waals surface area contributed by atoms with Crippen LogP contribution in [0.25, 0.3) is 17.5 Å². The topological polar surface area (TPSA) is 114 Å². The van der Waals surface area contributed by atoms with Gasteiger partial charge in [0, 0.05) is 0 Å². The van der Waals surface area contributed by atoms with Crippen molar-refractivity contribution in [1.29, 1.82) is 10.5 Å². The Morgan fingerprint density at radius 3 is 1.94 bits per heavy atom. The molecule has 0 saturated heterocycles. The van der Waals surface area contributed by atoms with Gasteiger partial charge in [-0.3, -0.25) is 9.36 Å². The van der Waals surface area contributed by atoms with Gasteiger partial charge < -0.3 is 15.2 Å². The highest BCUT2D eigenvalue weighted by Crippen LogP contribution is 2.36. The zero-order valence-electron chi connectivity index (χ0n) is 20.5. The molecule has 2 aromatic carbocycles. The van der Waals surface area contributed by atoms with Gasteiger partial charge in [0.15, 0.2) is 0 Å². The lowest BCUT2D eigenvalue weighted by molar-refractivity contribution is 0.242. The number of hydrogen-bond acceptors (Lipinski definition) is 7. The maximum Gasteiger partial charge on any atom is 0.274 e. The molecule has 2 N–H and O–H groups in total. The first kappa shape index (κ1) is 24.8. The van der Waals surface area contributed by atoms with Crippen molar-refractivity contribution in [3.8, 4) is 23.6 Å². The number of ether oxygens (including phenoxy) is 2. The van der Waals surface area contributed by atoms with E-state index in [0.717, 1.165) is 16.9 Å². The van der Waals surface area contributed by atoms with E-state index < -0.39 is 5.92 Å². The van der Waals surface area contributed by atoms with Crippen LogP contribution in [-0.4, -0.2) is 16.8 Å². The molecule has 0 spiro atoms. The van der Waals surface area contributed by atoms with Gasteiger partial charge >= 0.3 is 0 Å². The van der Waals surface area contributed by atoms with Crippen molar-refractivity contribution >= 4 is 28.8 Å². The van der Waals surface area contributed by atoms with Crippen LogP contribution in [0.4, 0.5) is 0 Å². The third-order valence-corrected chi connectivity index (χ3v) is 6.63. The lowest BCUT2D eigenvalue weighted by Gasteiger charge is -2.22. The standard InChI is InChI=1S/C28H26N4O3S/c1-16(2)34-20-9-5-18(6-10-20)13-24-27(33)32-26(31)22(14-29)25(23(15-30)28(32)36-24)19-7-11-21(12-8-19)35-17(3)4/h5-13,16-17,25H,31H2,1-4H3/b24-13-/t25-/m0/s1. The largest absolute Gasteiger partial charge is 0.491 e. The lowest BCUT2D eigenvalue weighted by atomic mass is 9.84. The number of aromatic nitrogens is 1. The SMILES string of the molecule is CC(C)Oc1ccc(/C=c2\sc3n(c2=O)C(N)=C(C#N)[C@H](c2ccc(OC(C)C)cc2)C=3C#N)cc1. The first-order valence-corrected chi connectivity index (χ1v) is 12.4. The van der Waals surface area contributed by atoms with Gasteiger partial charge in [0.25, 0.3) is 5.56 Å². The second kappa shape index (κ2) is 10.2. The number of fused-ring (bicyclic) bond motifs is 1. The quantitative estimate of drug-likeness (QED) is 0.557. The van der Waals surface area contributed by atoms with Gasteiger partial charge in [0.2, 0.25) is 0 Å². The van der Waals surface area contributed by atoms with Crippen molar-refractivity contribution in [1.82, 2.24) is 4.57 Å². The Morgan fingerprint density at radius 2 is 1.44 bits per heavy atom. The van der Waals surface area contributed by atoms with Crippen molar-refractivity contribution in [3.63, 3.8) is 0 Å². The van der Waals surface area contributed by atoms with Crippen LogP contribution in [0.15, 0.2) is 58.9 Å². The molecule has 1 aromatic heterocycles. The third-order valence-electron chi connectivity index (χ3n) is 5.52. The van der Waals surface area contributed by atoms with E-state index in [1.807, 2.05) is 64.1 Å². The summed E-state index contributed by atoms with van der Waals surface area (Å²) < 4.78 is 13.5.